The number of aliphatic hydroxyl groups excluding tert-OH is 1. The van der Waals surface area contributed by atoms with E-state index in [0.717, 1.165) is 5.56 Å². The van der Waals surface area contributed by atoms with Gasteiger partial charge in [-0.1, -0.05) is 47.1 Å². The lowest BCUT2D eigenvalue weighted by molar-refractivity contribution is 0.0600. The first-order valence-electron chi connectivity index (χ1n) is 9.15. The van der Waals surface area contributed by atoms with Crippen LogP contribution in [0.4, 0.5) is 0 Å². The summed E-state index contributed by atoms with van der Waals surface area (Å²) in [5.41, 5.74) is 1.90. The number of nitrogens with zero attached hydrogens (tertiary/aromatic N) is 2. The molecule has 3 aromatic rings. The average Bonchev–Trinajstić information content (AvgIpc) is 3.23. The maximum atomic E-state index is 12.4. The van der Waals surface area contributed by atoms with Crippen LogP contribution in [0.2, 0.25) is 5.02 Å². The van der Waals surface area contributed by atoms with Crippen LogP contribution in [0.5, 0.6) is 0 Å². The molecular weight excluding hydrogens is 410 g/mol. The van der Waals surface area contributed by atoms with Gasteiger partial charge in [0.25, 0.3) is 0 Å². The minimum atomic E-state index is -0.585. The van der Waals surface area contributed by atoms with E-state index < -0.39 is 17.9 Å². The number of esters is 1. The molecule has 0 aliphatic rings. The van der Waals surface area contributed by atoms with Gasteiger partial charge in [-0.3, -0.25) is 4.79 Å². The van der Waals surface area contributed by atoms with Gasteiger partial charge < -0.3 is 19.7 Å². The lowest BCUT2D eigenvalue weighted by Crippen LogP contribution is -2.39. The lowest BCUT2D eigenvalue weighted by atomic mass is 10.1. The fraction of sp³-hybridized carbons (Fsp3) is 0.238. The molecule has 1 atom stereocenters. The van der Waals surface area contributed by atoms with Crippen molar-refractivity contribution >= 4 is 23.5 Å². The number of aromatic nitrogens is 2. The molecule has 9 heteroatoms. The Kier molecular flexibility index (Phi) is 7.16. The Hall–Kier alpha value is -3.23. The summed E-state index contributed by atoms with van der Waals surface area (Å²) in [5.74, 6) is -1.07. The summed E-state index contributed by atoms with van der Waals surface area (Å²) in [7, 11) is 1.29. The van der Waals surface area contributed by atoms with Crippen LogP contribution >= 0.6 is 11.6 Å². The summed E-state index contributed by atoms with van der Waals surface area (Å²) >= 11 is 6.18. The maximum absolute atomic E-state index is 12.4. The van der Waals surface area contributed by atoms with E-state index >= 15 is 0 Å². The number of amides is 1. The second kappa shape index (κ2) is 10.00. The largest absolute Gasteiger partial charge is 0.465 e. The number of hydrogen-bond donors (Lipinski definition) is 2. The number of carbonyl (C=O) groups excluding carboxylic acids is 2. The predicted molar refractivity (Wildman–Crippen MR) is 108 cm³/mol. The molecule has 156 valence electrons. The minimum Gasteiger partial charge on any atom is -0.465 e. The van der Waals surface area contributed by atoms with E-state index in [0.29, 0.717) is 22.6 Å². The van der Waals surface area contributed by atoms with Gasteiger partial charge in [0.1, 0.15) is 0 Å². The Morgan fingerprint density at radius 2 is 2.00 bits per heavy atom. The smallest absolute Gasteiger partial charge is 0.337 e. The molecule has 30 heavy (non-hydrogen) atoms. The standard InChI is InChI=1S/C21H20ClN3O5/c1-29-21(28)14-7-8-17(22)15(10-14)11-18-24-20(30-25-18)19(27)23-16(12-26)9-13-5-3-2-4-6-13/h2-8,10,16,26H,9,11-12H2,1H3,(H,23,27)/t16-/m0/s1. The van der Waals surface area contributed by atoms with Gasteiger partial charge in [0.15, 0.2) is 5.82 Å². The molecule has 1 heterocycles. The summed E-state index contributed by atoms with van der Waals surface area (Å²) in [6.07, 6.45) is 0.619. The van der Waals surface area contributed by atoms with E-state index in [2.05, 4.69) is 15.5 Å². The molecule has 0 spiro atoms. The zero-order valence-electron chi connectivity index (χ0n) is 16.2. The highest BCUT2D eigenvalue weighted by atomic mass is 35.5. The van der Waals surface area contributed by atoms with Gasteiger partial charge in [0.05, 0.1) is 25.3 Å². The number of hydrogen-bond acceptors (Lipinski definition) is 7. The molecular formula is C21H20ClN3O5. The lowest BCUT2D eigenvalue weighted by Gasteiger charge is -2.14. The monoisotopic (exact) mass is 429 g/mol. The average molecular weight is 430 g/mol. The summed E-state index contributed by atoms with van der Waals surface area (Å²) in [6, 6.07) is 13.7. The fourth-order valence-corrected chi connectivity index (χ4v) is 3.03. The first-order valence-corrected chi connectivity index (χ1v) is 9.53. The van der Waals surface area contributed by atoms with E-state index in [4.69, 9.17) is 20.9 Å². The molecule has 2 aromatic carbocycles. The Labute approximate surface area is 177 Å². The summed E-state index contributed by atoms with van der Waals surface area (Å²) in [4.78, 5) is 28.2. The van der Waals surface area contributed by atoms with Crippen LogP contribution in [-0.4, -0.2) is 46.9 Å². The third kappa shape index (κ3) is 5.43. The Morgan fingerprint density at radius 1 is 1.23 bits per heavy atom. The predicted octanol–water partition coefficient (Wildman–Crippen LogP) is 2.43. The maximum Gasteiger partial charge on any atom is 0.337 e. The molecule has 0 fully saturated rings. The molecule has 0 radical (unpaired) electrons. The first kappa shape index (κ1) is 21.5. The molecule has 3 rings (SSSR count). The van der Waals surface area contributed by atoms with Gasteiger partial charge in [-0.25, -0.2) is 4.79 Å². The molecule has 1 aromatic heterocycles. The Bertz CT molecular complexity index is 1020. The van der Waals surface area contributed by atoms with Crippen molar-refractivity contribution in [2.45, 2.75) is 18.9 Å². The number of halogens is 1. The van der Waals surface area contributed by atoms with Crippen LogP contribution in [0, 0.1) is 0 Å². The number of rotatable bonds is 8. The van der Waals surface area contributed by atoms with Crippen LogP contribution in [0.15, 0.2) is 53.1 Å². The zero-order valence-corrected chi connectivity index (χ0v) is 16.9. The molecule has 8 nitrogen and oxygen atoms in total. The van der Waals surface area contributed by atoms with Crippen molar-refractivity contribution in [3.63, 3.8) is 0 Å². The topological polar surface area (TPSA) is 115 Å². The van der Waals surface area contributed by atoms with E-state index in [1.165, 1.54) is 7.11 Å². The number of ether oxygens (including phenoxy) is 1. The molecule has 0 aliphatic carbocycles. The van der Waals surface area contributed by atoms with Crippen LogP contribution < -0.4 is 5.32 Å². The van der Waals surface area contributed by atoms with Crippen LogP contribution in [0.25, 0.3) is 0 Å². The van der Waals surface area contributed by atoms with Gasteiger partial charge in [0, 0.05) is 11.4 Å². The number of aliphatic hydroxyl groups is 1. The van der Waals surface area contributed by atoms with Crippen LogP contribution in [0.3, 0.4) is 0 Å². The highest BCUT2D eigenvalue weighted by molar-refractivity contribution is 6.31. The van der Waals surface area contributed by atoms with Crippen molar-refractivity contribution in [1.82, 2.24) is 15.5 Å². The van der Waals surface area contributed by atoms with E-state index in [-0.39, 0.29) is 24.7 Å². The second-order valence-electron chi connectivity index (χ2n) is 6.53. The number of benzene rings is 2. The summed E-state index contributed by atoms with van der Waals surface area (Å²) in [5, 5.41) is 16.5. The molecule has 0 saturated heterocycles. The van der Waals surface area contributed by atoms with E-state index in [1.54, 1.807) is 18.2 Å². The van der Waals surface area contributed by atoms with Crippen molar-refractivity contribution in [3.05, 3.63) is 82.0 Å². The van der Waals surface area contributed by atoms with Gasteiger partial charge in [-0.05, 0) is 35.7 Å². The number of methoxy groups -OCH3 is 1. The zero-order chi connectivity index (χ0) is 21.5. The molecule has 2 N–H and O–H groups in total. The van der Waals surface area contributed by atoms with Gasteiger partial charge in [-0.2, -0.15) is 4.98 Å². The Balaban J connectivity index is 1.67. The highest BCUT2D eigenvalue weighted by Gasteiger charge is 2.20. The van der Waals surface area contributed by atoms with E-state index in [1.807, 2.05) is 30.3 Å². The summed E-state index contributed by atoms with van der Waals surface area (Å²) in [6.45, 7) is -0.239. The normalized spacial score (nSPS) is 11.7. The molecule has 0 bridgehead atoms. The molecule has 1 amide bonds. The fourth-order valence-electron chi connectivity index (χ4n) is 2.85. The number of nitrogens with one attached hydrogen (secondary N) is 1. The molecule has 0 unspecified atom stereocenters. The van der Waals surface area contributed by atoms with Crippen molar-refractivity contribution in [3.8, 4) is 0 Å². The third-order valence-corrected chi connectivity index (χ3v) is 4.73. The first-order chi connectivity index (χ1) is 14.5. The Morgan fingerprint density at radius 3 is 2.70 bits per heavy atom. The SMILES string of the molecule is COC(=O)c1ccc(Cl)c(Cc2noc(C(=O)N[C@H](CO)Cc3ccccc3)n2)c1. The quantitative estimate of drug-likeness (QED) is 0.528. The number of carbonyl (C=O) groups is 2. The van der Waals surface area contributed by atoms with Gasteiger partial charge >= 0.3 is 17.8 Å². The van der Waals surface area contributed by atoms with E-state index in [9.17, 15) is 14.7 Å². The van der Waals surface area contributed by atoms with Crippen molar-refractivity contribution in [2.24, 2.45) is 0 Å². The third-order valence-electron chi connectivity index (χ3n) is 4.36. The van der Waals surface area contributed by atoms with Crippen LogP contribution in [0.1, 0.15) is 38.0 Å². The van der Waals surface area contributed by atoms with Crippen molar-refractivity contribution < 1.29 is 24.0 Å². The van der Waals surface area contributed by atoms with Gasteiger partial charge in [0.2, 0.25) is 0 Å². The highest BCUT2D eigenvalue weighted by Crippen LogP contribution is 2.20. The molecule has 0 aliphatic heterocycles. The van der Waals surface area contributed by atoms with Crippen LogP contribution in [-0.2, 0) is 17.6 Å². The minimum absolute atomic E-state index is 0.161. The van der Waals surface area contributed by atoms with Crippen molar-refractivity contribution in [2.75, 3.05) is 13.7 Å². The molecule has 0 saturated carbocycles. The van der Waals surface area contributed by atoms with Crippen molar-refractivity contribution in [1.29, 1.82) is 0 Å². The summed E-state index contributed by atoms with van der Waals surface area (Å²) < 4.78 is 9.75. The second-order valence-corrected chi connectivity index (χ2v) is 6.94. The van der Waals surface area contributed by atoms with Gasteiger partial charge in [-0.15, -0.1) is 0 Å².